The summed E-state index contributed by atoms with van der Waals surface area (Å²) in [5.41, 5.74) is 1.48. The molecule has 2 aromatic rings. The van der Waals surface area contributed by atoms with Gasteiger partial charge in [0.25, 0.3) is 0 Å². The third-order valence-electron chi connectivity index (χ3n) is 2.78. The molecular weight excluding hydrogens is 229 g/mol. The number of nitrogens with one attached hydrogen (secondary N) is 1. The van der Waals surface area contributed by atoms with Gasteiger partial charge in [-0.3, -0.25) is 0 Å². The first kappa shape index (κ1) is 12.6. The van der Waals surface area contributed by atoms with Crippen molar-refractivity contribution in [2.75, 3.05) is 6.54 Å². The number of rotatable bonds is 4. The highest BCUT2D eigenvalue weighted by Crippen LogP contribution is 2.20. The van der Waals surface area contributed by atoms with Gasteiger partial charge in [0.1, 0.15) is 11.6 Å². The van der Waals surface area contributed by atoms with Gasteiger partial charge in [0.2, 0.25) is 0 Å². The minimum atomic E-state index is -0.202. The molecule has 2 rings (SSSR count). The van der Waals surface area contributed by atoms with Crippen molar-refractivity contribution in [2.45, 2.75) is 19.9 Å². The van der Waals surface area contributed by atoms with E-state index >= 15 is 0 Å². The lowest BCUT2D eigenvalue weighted by molar-refractivity contribution is 0.580. The first-order valence-electron chi connectivity index (χ1n) is 5.98. The lowest BCUT2D eigenvalue weighted by atomic mass is 10.0. The van der Waals surface area contributed by atoms with E-state index in [1.807, 2.05) is 13.0 Å². The van der Waals surface area contributed by atoms with Crippen molar-refractivity contribution in [3.63, 3.8) is 0 Å². The standard InChI is InChI=1S/C14H16FN3/c1-3-16-13(14-17-7-4-8-18-14)11-6-5-10(2)12(15)9-11/h4-9,13,16H,3H2,1-2H3. The molecule has 0 aliphatic carbocycles. The number of halogens is 1. The minimum Gasteiger partial charge on any atom is -0.304 e. The molecule has 1 N–H and O–H groups in total. The summed E-state index contributed by atoms with van der Waals surface area (Å²) in [6.45, 7) is 4.51. The van der Waals surface area contributed by atoms with E-state index in [2.05, 4.69) is 15.3 Å². The van der Waals surface area contributed by atoms with Crippen LogP contribution >= 0.6 is 0 Å². The van der Waals surface area contributed by atoms with Crippen molar-refractivity contribution in [3.8, 4) is 0 Å². The van der Waals surface area contributed by atoms with E-state index in [0.29, 0.717) is 11.4 Å². The van der Waals surface area contributed by atoms with Crippen molar-refractivity contribution >= 4 is 0 Å². The van der Waals surface area contributed by atoms with Gasteiger partial charge in [-0.15, -0.1) is 0 Å². The Kier molecular flexibility index (Phi) is 3.99. The zero-order chi connectivity index (χ0) is 13.0. The van der Waals surface area contributed by atoms with E-state index in [4.69, 9.17) is 0 Å². The Hall–Kier alpha value is -1.81. The van der Waals surface area contributed by atoms with E-state index in [0.717, 1.165) is 12.1 Å². The van der Waals surface area contributed by atoms with E-state index in [1.54, 1.807) is 37.5 Å². The number of nitrogens with zero attached hydrogens (tertiary/aromatic N) is 2. The molecule has 0 aliphatic heterocycles. The van der Waals surface area contributed by atoms with Gasteiger partial charge in [-0.1, -0.05) is 19.1 Å². The zero-order valence-electron chi connectivity index (χ0n) is 10.5. The summed E-state index contributed by atoms with van der Waals surface area (Å²) in [5.74, 6) is 0.453. The lowest BCUT2D eigenvalue weighted by Gasteiger charge is -2.17. The van der Waals surface area contributed by atoms with Crippen molar-refractivity contribution in [2.24, 2.45) is 0 Å². The number of hydrogen-bond acceptors (Lipinski definition) is 3. The zero-order valence-corrected chi connectivity index (χ0v) is 10.5. The maximum atomic E-state index is 13.6. The van der Waals surface area contributed by atoms with Crippen molar-refractivity contribution < 1.29 is 4.39 Å². The number of hydrogen-bond donors (Lipinski definition) is 1. The first-order valence-corrected chi connectivity index (χ1v) is 5.98. The predicted molar refractivity (Wildman–Crippen MR) is 68.7 cm³/mol. The maximum Gasteiger partial charge on any atom is 0.149 e. The average Bonchev–Trinajstić information content (AvgIpc) is 2.40. The largest absolute Gasteiger partial charge is 0.304 e. The Morgan fingerprint density at radius 2 is 2.00 bits per heavy atom. The Labute approximate surface area is 106 Å². The van der Waals surface area contributed by atoms with Crippen LogP contribution in [-0.2, 0) is 0 Å². The molecule has 0 saturated carbocycles. The maximum absolute atomic E-state index is 13.6. The van der Waals surface area contributed by atoms with E-state index in [1.165, 1.54) is 0 Å². The van der Waals surface area contributed by atoms with Gasteiger partial charge in [-0.05, 0) is 36.7 Å². The average molecular weight is 245 g/mol. The van der Waals surface area contributed by atoms with Crippen molar-refractivity contribution in [1.29, 1.82) is 0 Å². The third-order valence-corrected chi connectivity index (χ3v) is 2.78. The van der Waals surface area contributed by atoms with E-state index < -0.39 is 0 Å². The van der Waals surface area contributed by atoms with Crippen LogP contribution in [0.25, 0.3) is 0 Å². The highest BCUT2D eigenvalue weighted by Gasteiger charge is 2.16. The molecule has 94 valence electrons. The van der Waals surface area contributed by atoms with E-state index in [-0.39, 0.29) is 11.9 Å². The van der Waals surface area contributed by atoms with Crippen LogP contribution in [0.2, 0.25) is 0 Å². The van der Waals surface area contributed by atoms with Crippen LogP contribution in [0.1, 0.15) is 29.9 Å². The molecule has 1 aromatic heterocycles. The molecular formula is C14H16FN3. The molecule has 0 bridgehead atoms. The van der Waals surface area contributed by atoms with E-state index in [9.17, 15) is 4.39 Å². The van der Waals surface area contributed by atoms with Crippen LogP contribution in [0.15, 0.2) is 36.7 Å². The van der Waals surface area contributed by atoms with Gasteiger partial charge in [-0.25, -0.2) is 14.4 Å². The molecule has 0 aliphatic rings. The summed E-state index contributed by atoms with van der Waals surface area (Å²) in [7, 11) is 0. The Morgan fingerprint density at radius 3 is 2.61 bits per heavy atom. The Balaban J connectivity index is 2.38. The lowest BCUT2D eigenvalue weighted by Crippen LogP contribution is -2.24. The molecule has 0 spiro atoms. The van der Waals surface area contributed by atoms with Crippen molar-refractivity contribution in [1.82, 2.24) is 15.3 Å². The van der Waals surface area contributed by atoms with Gasteiger partial charge in [0.15, 0.2) is 0 Å². The third kappa shape index (κ3) is 2.71. The number of aromatic nitrogens is 2. The first-order chi connectivity index (χ1) is 8.72. The van der Waals surface area contributed by atoms with Crippen LogP contribution in [0, 0.1) is 12.7 Å². The fourth-order valence-corrected chi connectivity index (χ4v) is 1.81. The van der Waals surface area contributed by atoms with Crippen molar-refractivity contribution in [3.05, 3.63) is 59.4 Å². The summed E-state index contributed by atoms with van der Waals surface area (Å²) in [6.07, 6.45) is 3.38. The second-order valence-corrected chi connectivity index (χ2v) is 4.11. The molecule has 3 nitrogen and oxygen atoms in total. The van der Waals surface area contributed by atoms with Gasteiger partial charge in [0.05, 0.1) is 6.04 Å². The fourth-order valence-electron chi connectivity index (χ4n) is 1.81. The smallest absolute Gasteiger partial charge is 0.149 e. The molecule has 1 heterocycles. The molecule has 1 atom stereocenters. The normalized spacial score (nSPS) is 12.4. The Morgan fingerprint density at radius 1 is 1.28 bits per heavy atom. The molecule has 0 fully saturated rings. The second-order valence-electron chi connectivity index (χ2n) is 4.11. The topological polar surface area (TPSA) is 37.8 Å². The SMILES string of the molecule is CCNC(c1ccc(C)c(F)c1)c1ncccn1. The van der Waals surface area contributed by atoms with Crippen LogP contribution < -0.4 is 5.32 Å². The molecule has 0 saturated heterocycles. The molecule has 0 radical (unpaired) electrons. The summed E-state index contributed by atoms with van der Waals surface area (Å²) < 4.78 is 13.6. The monoisotopic (exact) mass is 245 g/mol. The Bertz CT molecular complexity index is 514. The minimum absolute atomic E-state index is 0.175. The quantitative estimate of drug-likeness (QED) is 0.899. The fraction of sp³-hybridized carbons (Fsp3) is 0.286. The van der Waals surface area contributed by atoms with Crippen LogP contribution in [-0.4, -0.2) is 16.5 Å². The summed E-state index contributed by atoms with van der Waals surface area (Å²) in [5, 5.41) is 3.27. The molecule has 18 heavy (non-hydrogen) atoms. The van der Waals surface area contributed by atoms with Crippen LogP contribution in [0.3, 0.4) is 0 Å². The molecule has 0 amide bonds. The highest BCUT2D eigenvalue weighted by atomic mass is 19.1. The second kappa shape index (κ2) is 5.69. The highest BCUT2D eigenvalue weighted by molar-refractivity contribution is 5.29. The number of aryl methyl sites for hydroxylation is 1. The van der Waals surface area contributed by atoms with Gasteiger partial charge >= 0.3 is 0 Å². The van der Waals surface area contributed by atoms with Crippen LogP contribution in [0.4, 0.5) is 4.39 Å². The summed E-state index contributed by atoms with van der Waals surface area (Å²) in [6, 6.07) is 6.81. The molecule has 1 aromatic carbocycles. The number of benzene rings is 1. The van der Waals surface area contributed by atoms with Gasteiger partial charge in [0, 0.05) is 12.4 Å². The summed E-state index contributed by atoms with van der Waals surface area (Å²) in [4.78, 5) is 8.46. The van der Waals surface area contributed by atoms with Gasteiger partial charge < -0.3 is 5.32 Å². The molecule has 4 heteroatoms. The summed E-state index contributed by atoms with van der Waals surface area (Å²) >= 11 is 0. The predicted octanol–water partition coefficient (Wildman–Crippen LogP) is 2.62. The van der Waals surface area contributed by atoms with Gasteiger partial charge in [-0.2, -0.15) is 0 Å². The van der Waals surface area contributed by atoms with Crippen LogP contribution in [0.5, 0.6) is 0 Å². The molecule has 1 unspecified atom stereocenters.